The van der Waals surface area contributed by atoms with Crippen LogP contribution in [0.25, 0.3) is 11.3 Å². The number of hydrogen-bond donors (Lipinski definition) is 2. The Labute approximate surface area is 151 Å². The maximum absolute atomic E-state index is 12.0. The van der Waals surface area contributed by atoms with Gasteiger partial charge in [-0.3, -0.25) is 4.79 Å². The number of rotatable bonds is 8. The van der Waals surface area contributed by atoms with E-state index in [4.69, 9.17) is 19.9 Å². The van der Waals surface area contributed by atoms with E-state index in [1.165, 1.54) is 0 Å². The number of aromatic amines is 1. The molecule has 25 heavy (non-hydrogen) atoms. The minimum Gasteiger partial charge on any atom is -0.490 e. The van der Waals surface area contributed by atoms with Gasteiger partial charge in [-0.1, -0.05) is 0 Å². The number of amides is 1. The fourth-order valence-corrected chi connectivity index (χ4v) is 2.52. The summed E-state index contributed by atoms with van der Waals surface area (Å²) in [6.07, 6.45) is 0. The standard InChI is InChI=1S/C15H17BrN4O5/c1-3-23-10-5-8(9(16)6-11(10)25-7-12(17)21)13-14(19-20-18-13)15(22)24-4-2/h5-6H,3-4,7H2,1-2H3,(H2,17,21)(H,18,19,20). The van der Waals surface area contributed by atoms with Gasteiger partial charge in [-0.25, -0.2) is 4.79 Å². The Morgan fingerprint density at radius 1 is 1.16 bits per heavy atom. The van der Waals surface area contributed by atoms with Gasteiger partial charge in [0.15, 0.2) is 23.8 Å². The lowest BCUT2D eigenvalue weighted by atomic mass is 10.1. The van der Waals surface area contributed by atoms with Gasteiger partial charge >= 0.3 is 5.97 Å². The second kappa shape index (κ2) is 8.47. The number of benzene rings is 1. The first kappa shape index (κ1) is 18.7. The summed E-state index contributed by atoms with van der Waals surface area (Å²) < 4.78 is 16.4. The molecule has 0 saturated carbocycles. The van der Waals surface area contributed by atoms with Gasteiger partial charge in [0, 0.05) is 10.0 Å². The lowest BCUT2D eigenvalue weighted by molar-refractivity contribution is -0.119. The summed E-state index contributed by atoms with van der Waals surface area (Å²) in [6.45, 7) is 3.81. The third-order valence-electron chi connectivity index (χ3n) is 2.97. The average Bonchev–Trinajstić information content (AvgIpc) is 3.04. The zero-order valence-corrected chi connectivity index (χ0v) is 15.3. The number of H-pyrrole nitrogens is 1. The highest BCUT2D eigenvalue weighted by molar-refractivity contribution is 9.10. The number of primary amides is 1. The first-order valence-electron chi connectivity index (χ1n) is 7.43. The molecule has 0 radical (unpaired) electrons. The molecule has 0 spiro atoms. The molecule has 10 heteroatoms. The van der Waals surface area contributed by atoms with E-state index in [2.05, 4.69) is 31.3 Å². The van der Waals surface area contributed by atoms with Gasteiger partial charge in [-0.15, -0.1) is 5.10 Å². The number of halogens is 1. The van der Waals surface area contributed by atoms with E-state index in [9.17, 15) is 9.59 Å². The predicted octanol–water partition coefficient (Wildman–Crippen LogP) is 1.67. The zero-order chi connectivity index (χ0) is 18.4. The molecule has 0 bridgehead atoms. The highest BCUT2D eigenvalue weighted by Crippen LogP contribution is 2.39. The van der Waals surface area contributed by atoms with E-state index in [0.29, 0.717) is 33.8 Å². The minimum absolute atomic E-state index is 0.0517. The molecule has 1 aromatic carbocycles. The lowest BCUT2D eigenvalue weighted by Crippen LogP contribution is -2.20. The molecule has 0 aliphatic heterocycles. The molecule has 1 amide bonds. The Bertz CT molecular complexity index is 777. The van der Waals surface area contributed by atoms with Crippen LogP contribution in [0.2, 0.25) is 0 Å². The molecule has 134 valence electrons. The topological polar surface area (TPSA) is 129 Å². The molecular weight excluding hydrogens is 396 g/mol. The van der Waals surface area contributed by atoms with Crippen molar-refractivity contribution in [1.82, 2.24) is 15.4 Å². The Hall–Kier alpha value is -2.62. The van der Waals surface area contributed by atoms with Crippen LogP contribution in [-0.4, -0.2) is 47.1 Å². The Balaban J connectivity index is 2.45. The minimum atomic E-state index is -0.608. The smallest absolute Gasteiger partial charge is 0.361 e. The van der Waals surface area contributed by atoms with E-state index in [0.717, 1.165) is 0 Å². The fourth-order valence-electron chi connectivity index (χ4n) is 2.01. The summed E-state index contributed by atoms with van der Waals surface area (Å²) in [5.74, 6) is -0.494. The molecule has 0 saturated heterocycles. The van der Waals surface area contributed by atoms with Crippen LogP contribution in [0.5, 0.6) is 11.5 Å². The highest BCUT2D eigenvalue weighted by Gasteiger charge is 2.23. The SMILES string of the molecule is CCOC(=O)c1n[nH]nc1-c1cc(OCC)c(OCC(N)=O)cc1Br. The van der Waals surface area contributed by atoms with Crippen LogP contribution in [-0.2, 0) is 9.53 Å². The Morgan fingerprint density at radius 2 is 1.88 bits per heavy atom. The third kappa shape index (κ3) is 4.47. The predicted molar refractivity (Wildman–Crippen MR) is 91.3 cm³/mol. The third-order valence-corrected chi connectivity index (χ3v) is 3.63. The van der Waals surface area contributed by atoms with E-state index < -0.39 is 11.9 Å². The maximum atomic E-state index is 12.0. The van der Waals surface area contributed by atoms with Crippen molar-refractivity contribution in [1.29, 1.82) is 0 Å². The van der Waals surface area contributed by atoms with E-state index in [1.54, 1.807) is 26.0 Å². The first-order valence-corrected chi connectivity index (χ1v) is 8.22. The number of ether oxygens (including phenoxy) is 3. The quantitative estimate of drug-likeness (QED) is 0.630. The second-order valence-corrected chi connectivity index (χ2v) is 5.56. The number of nitrogens with two attached hydrogens (primary N) is 1. The summed E-state index contributed by atoms with van der Waals surface area (Å²) in [4.78, 5) is 22.9. The van der Waals surface area contributed by atoms with Crippen LogP contribution in [0.1, 0.15) is 24.3 Å². The van der Waals surface area contributed by atoms with Gasteiger partial charge in [-0.2, -0.15) is 10.3 Å². The molecule has 0 unspecified atom stereocenters. The van der Waals surface area contributed by atoms with Crippen LogP contribution in [0.4, 0.5) is 0 Å². The number of carbonyl (C=O) groups is 2. The van der Waals surface area contributed by atoms with Crippen molar-refractivity contribution in [2.24, 2.45) is 5.73 Å². The van der Waals surface area contributed by atoms with Crippen molar-refractivity contribution < 1.29 is 23.8 Å². The Kier molecular flexibility index (Phi) is 6.34. The molecule has 0 aliphatic rings. The number of nitrogens with zero attached hydrogens (tertiary/aromatic N) is 2. The molecule has 0 aliphatic carbocycles. The molecule has 1 heterocycles. The van der Waals surface area contributed by atoms with E-state index in [-0.39, 0.29) is 18.9 Å². The van der Waals surface area contributed by atoms with Gasteiger partial charge in [-0.05, 0) is 41.9 Å². The van der Waals surface area contributed by atoms with Gasteiger partial charge in [0.05, 0.1) is 13.2 Å². The average molecular weight is 413 g/mol. The van der Waals surface area contributed by atoms with Gasteiger partial charge in [0.1, 0.15) is 5.69 Å². The molecule has 2 rings (SSSR count). The summed E-state index contributed by atoms with van der Waals surface area (Å²) >= 11 is 3.40. The maximum Gasteiger partial charge on any atom is 0.361 e. The van der Waals surface area contributed by atoms with Crippen molar-refractivity contribution in [2.45, 2.75) is 13.8 Å². The van der Waals surface area contributed by atoms with Crippen LogP contribution in [0, 0.1) is 0 Å². The summed E-state index contributed by atoms with van der Waals surface area (Å²) in [6, 6.07) is 3.23. The molecule has 0 atom stereocenters. The van der Waals surface area contributed by atoms with Crippen LogP contribution >= 0.6 is 15.9 Å². The number of aromatic nitrogens is 3. The fraction of sp³-hybridized carbons (Fsp3) is 0.333. The normalized spacial score (nSPS) is 10.4. The van der Waals surface area contributed by atoms with Crippen LogP contribution in [0.3, 0.4) is 0 Å². The van der Waals surface area contributed by atoms with Crippen molar-refractivity contribution in [3.63, 3.8) is 0 Å². The number of esters is 1. The molecule has 1 aromatic heterocycles. The molecular formula is C15H17BrN4O5. The van der Waals surface area contributed by atoms with E-state index >= 15 is 0 Å². The largest absolute Gasteiger partial charge is 0.490 e. The van der Waals surface area contributed by atoms with Crippen molar-refractivity contribution in [3.05, 3.63) is 22.3 Å². The molecule has 0 fully saturated rings. The number of nitrogens with one attached hydrogen (secondary N) is 1. The van der Waals surface area contributed by atoms with Crippen LogP contribution < -0.4 is 15.2 Å². The van der Waals surface area contributed by atoms with Gasteiger partial charge in [0.25, 0.3) is 5.91 Å². The second-order valence-electron chi connectivity index (χ2n) is 4.71. The zero-order valence-electron chi connectivity index (χ0n) is 13.7. The van der Waals surface area contributed by atoms with Crippen molar-refractivity contribution in [3.8, 4) is 22.8 Å². The first-order chi connectivity index (χ1) is 12.0. The summed E-state index contributed by atoms with van der Waals surface area (Å²) in [5.41, 5.74) is 6.00. The monoisotopic (exact) mass is 412 g/mol. The summed E-state index contributed by atoms with van der Waals surface area (Å²) in [7, 11) is 0. The highest BCUT2D eigenvalue weighted by atomic mass is 79.9. The van der Waals surface area contributed by atoms with E-state index in [1.807, 2.05) is 0 Å². The van der Waals surface area contributed by atoms with Gasteiger partial charge in [0.2, 0.25) is 0 Å². The Morgan fingerprint density at radius 3 is 2.52 bits per heavy atom. The summed E-state index contributed by atoms with van der Waals surface area (Å²) in [5, 5.41) is 10.3. The van der Waals surface area contributed by atoms with Gasteiger partial charge < -0.3 is 19.9 Å². The van der Waals surface area contributed by atoms with Crippen LogP contribution in [0.15, 0.2) is 16.6 Å². The number of carbonyl (C=O) groups excluding carboxylic acids is 2. The molecule has 2 aromatic rings. The molecule has 9 nitrogen and oxygen atoms in total. The lowest BCUT2D eigenvalue weighted by Gasteiger charge is -2.14. The number of hydrogen-bond acceptors (Lipinski definition) is 7. The van der Waals surface area contributed by atoms with Crippen molar-refractivity contribution in [2.75, 3.05) is 19.8 Å². The van der Waals surface area contributed by atoms with Crippen molar-refractivity contribution >= 4 is 27.8 Å². The molecule has 3 N–H and O–H groups in total.